The Morgan fingerprint density at radius 3 is 2.30 bits per heavy atom. The second kappa shape index (κ2) is 6.26. The van der Waals surface area contributed by atoms with Gasteiger partial charge in [-0.3, -0.25) is 0 Å². The van der Waals surface area contributed by atoms with E-state index in [9.17, 15) is 0 Å². The van der Waals surface area contributed by atoms with Gasteiger partial charge in [0.15, 0.2) is 0 Å². The van der Waals surface area contributed by atoms with Gasteiger partial charge in [-0.25, -0.2) is 0 Å². The van der Waals surface area contributed by atoms with Crippen molar-refractivity contribution in [2.45, 2.75) is 38.2 Å². The van der Waals surface area contributed by atoms with Gasteiger partial charge in [-0.2, -0.15) is 0 Å². The number of rotatable bonds is 2. The molecule has 0 spiro atoms. The monoisotopic (exact) mass is 149 g/mol. The molecule has 0 aromatic rings. The zero-order chi connectivity index (χ0) is 6.53. The van der Waals surface area contributed by atoms with Crippen LogP contribution < -0.4 is 0 Å². The molecule has 1 rings (SSSR count). The second-order valence-corrected chi connectivity index (χ2v) is 2.56. The molecule has 1 radical (unpaired) electrons. The van der Waals surface area contributed by atoms with Crippen LogP contribution in [0.15, 0.2) is 12.8 Å². The molecule has 53 valence electrons. The average molecular weight is 149 g/mol. The third kappa shape index (κ3) is 3.65. The molecule has 1 fully saturated rings. The van der Waals surface area contributed by atoms with Gasteiger partial charge < -0.3 is 4.74 Å². The summed E-state index contributed by atoms with van der Waals surface area (Å²) in [5, 5.41) is 0. The summed E-state index contributed by atoms with van der Waals surface area (Å²) in [6.45, 7) is 3.53. The van der Waals surface area contributed by atoms with Crippen LogP contribution in [0.4, 0.5) is 0 Å². The Labute approximate surface area is 85.1 Å². The van der Waals surface area contributed by atoms with E-state index < -0.39 is 0 Å². The van der Waals surface area contributed by atoms with Crippen molar-refractivity contribution in [3.05, 3.63) is 12.8 Å². The van der Waals surface area contributed by atoms with Crippen LogP contribution in [0.3, 0.4) is 0 Å². The molecule has 1 aliphatic rings. The van der Waals surface area contributed by atoms with Crippen LogP contribution in [0, 0.1) is 0 Å². The summed E-state index contributed by atoms with van der Waals surface area (Å²) in [5.41, 5.74) is 0. The van der Waals surface area contributed by atoms with E-state index in [1.165, 1.54) is 32.1 Å². The Morgan fingerprint density at radius 1 is 1.20 bits per heavy atom. The third-order valence-corrected chi connectivity index (χ3v) is 1.84. The molecule has 1 saturated carbocycles. The van der Waals surface area contributed by atoms with E-state index in [1.807, 2.05) is 0 Å². The van der Waals surface area contributed by atoms with Gasteiger partial charge >= 0.3 is 0 Å². The smallest absolute Gasteiger partial charge is 0.0978 e. The first kappa shape index (κ1) is 10.5. The van der Waals surface area contributed by atoms with Gasteiger partial charge in [0, 0.05) is 29.6 Å². The van der Waals surface area contributed by atoms with Crippen LogP contribution in [0.1, 0.15) is 32.1 Å². The van der Waals surface area contributed by atoms with Gasteiger partial charge in [0.25, 0.3) is 0 Å². The van der Waals surface area contributed by atoms with E-state index in [-0.39, 0.29) is 29.6 Å². The summed E-state index contributed by atoms with van der Waals surface area (Å²) < 4.78 is 5.25. The molecular formula is C8H14NaO. The molecule has 0 unspecified atom stereocenters. The Balaban J connectivity index is 0.000000810. The number of ether oxygens (including phenoxy) is 1. The minimum Gasteiger partial charge on any atom is -0.499 e. The molecule has 10 heavy (non-hydrogen) atoms. The molecule has 1 aliphatic carbocycles. The largest absolute Gasteiger partial charge is 0.499 e. The van der Waals surface area contributed by atoms with Crippen LogP contribution in [-0.2, 0) is 4.74 Å². The Bertz CT molecular complexity index is 87.3. The normalized spacial score (nSPS) is 19.2. The zero-order valence-electron chi connectivity index (χ0n) is 6.81. The van der Waals surface area contributed by atoms with Crippen molar-refractivity contribution in [2.75, 3.05) is 0 Å². The number of hydrogen-bond acceptors (Lipinski definition) is 1. The van der Waals surface area contributed by atoms with Gasteiger partial charge in [-0.15, -0.1) is 0 Å². The Morgan fingerprint density at radius 2 is 1.80 bits per heavy atom. The fraction of sp³-hybridized carbons (Fsp3) is 0.750. The summed E-state index contributed by atoms with van der Waals surface area (Å²) in [6.07, 6.45) is 8.55. The van der Waals surface area contributed by atoms with E-state index in [0.29, 0.717) is 6.10 Å². The summed E-state index contributed by atoms with van der Waals surface area (Å²) in [4.78, 5) is 0. The average Bonchev–Trinajstić information content (AvgIpc) is 1.91. The molecule has 0 amide bonds. The first-order valence-corrected chi connectivity index (χ1v) is 3.70. The van der Waals surface area contributed by atoms with Crippen LogP contribution in [0.25, 0.3) is 0 Å². The molecule has 0 atom stereocenters. The van der Waals surface area contributed by atoms with Gasteiger partial charge in [0.1, 0.15) is 0 Å². The minimum absolute atomic E-state index is 0. The fourth-order valence-electron chi connectivity index (χ4n) is 1.34. The first-order valence-electron chi connectivity index (χ1n) is 3.70. The Kier molecular flexibility index (Phi) is 6.60. The minimum atomic E-state index is 0. The van der Waals surface area contributed by atoms with E-state index >= 15 is 0 Å². The molecule has 0 aliphatic heterocycles. The van der Waals surface area contributed by atoms with Crippen molar-refractivity contribution in [1.29, 1.82) is 0 Å². The van der Waals surface area contributed by atoms with Gasteiger partial charge in [-0.05, 0) is 25.7 Å². The van der Waals surface area contributed by atoms with Gasteiger partial charge in [0.05, 0.1) is 12.4 Å². The molecule has 0 heterocycles. The van der Waals surface area contributed by atoms with Crippen molar-refractivity contribution < 1.29 is 4.74 Å². The second-order valence-electron chi connectivity index (χ2n) is 2.56. The molecular weight excluding hydrogens is 135 g/mol. The van der Waals surface area contributed by atoms with Gasteiger partial charge in [-0.1, -0.05) is 13.0 Å². The van der Waals surface area contributed by atoms with E-state index in [1.54, 1.807) is 6.26 Å². The molecule has 0 aromatic carbocycles. The van der Waals surface area contributed by atoms with Crippen LogP contribution >= 0.6 is 0 Å². The maximum absolute atomic E-state index is 5.25. The standard InChI is InChI=1S/C8H14O.Na/c1-2-9-8-6-4-3-5-7-8;/h2,8H,1,3-7H2;. The van der Waals surface area contributed by atoms with Gasteiger partial charge in [0.2, 0.25) is 0 Å². The van der Waals surface area contributed by atoms with Crippen LogP contribution in [0.2, 0.25) is 0 Å². The van der Waals surface area contributed by atoms with E-state index in [2.05, 4.69) is 6.58 Å². The van der Waals surface area contributed by atoms with Crippen molar-refractivity contribution in [3.63, 3.8) is 0 Å². The molecule has 0 saturated heterocycles. The fourth-order valence-corrected chi connectivity index (χ4v) is 1.34. The molecule has 0 N–H and O–H groups in total. The first-order chi connectivity index (χ1) is 4.43. The maximum atomic E-state index is 5.25. The van der Waals surface area contributed by atoms with E-state index in [4.69, 9.17) is 4.74 Å². The topological polar surface area (TPSA) is 9.23 Å². The van der Waals surface area contributed by atoms with Crippen molar-refractivity contribution >= 4 is 29.6 Å². The molecule has 0 aromatic heterocycles. The summed E-state index contributed by atoms with van der Waals surface area (Å²) in [5.74, 6) is 0. The predicted molar refractivity (Wildman–Crippen MR) is 43.9 cm³/mol. The quantitative estimate of drug-likeness (QED) is 0.431. The van der Waals surface area contributed by atoms with E-state index in [0.717, 1.165) is 0 Å². The summed E-state index contributed by atoms with van der Waals surface area (Å²) in [7, 11) is 0. The predicted octanol–water partition coefficient (Wildman–Crippen LogP) is 2.10. The maximum Gasteiger partial charge on any atom is 0.0978 e. The third-order valence-electron chi connectivity index (χ3n) is 1.84. The van der Waals surface area contributed by atoms with Crippen molar-refractivity contribution in [3.8, 4) is 0 Å². The number of hydrogen-bond donors (Lipinski definition) is 0. The van der Waals surface area contributed by atoms with Crippen LogP contribution in [-0.4, -0.2) is 35.7 Å². The molecule has 0 bridgehead atoms. The molecule has 2 heteroatoms. The molecule has 1 nitrogen and oxygen atoms in total. The summed E-state index contributed by atoms with van der Waals surface area (Å²) in [6, 6.07) is 0. The van der Waals surface area contributed by atoms with Crippen LogP contribution in [0.5, 0.6) is 0 Å². The van der Waals surface area contributed by atoms with Crippen molar-refractivity contribution in [2.24, 2.45) is 0 Å². The summed E-state index contributed by atoms with van der Waals surface area (Å²) >= 11 is 0. The Hall–Kier alpha value is 0.540. The van der Waals surface area contributed by atoms with Crippen molar-refractivity contribution in [1.82, 2.24) is 0 Å². The SMILES string of the molecule is C=COC1CCCCC1.[Na]. The zero-order valence-corrected chi connectivity index (χ0v) is 8.81.